The molecule has 18 heavy (non-hydrogen) atoms. The maximum atomic E-state index is 11.9. The van der Waals surface area contributed by atoms with Gasteiger partial charge in [0.2, 0.25) is 5.76 Å². The maximum absolute atomic E-state index is 11.9. The van der Waals surface area contributed by atoms with Crippen LogP contribution in [-0.4, -0.2) is 19.1 Å². The largest absolute Gasteiger partial charge is 0.494 e. The number of fused-ring (bicyclic) bond motifs is 1. The molecule has 0 saturated heterocycles. The van der Waals surface area contributed by atoms with Gasteiger partial charge in [-0.1, -0.05) is 6.07 Å². The van der Waals surface area contributed by atoms with Gasteiger partial charge in [-0.15, -0.1) is 0 Å². The molecule has 1 aromatic rings. The Morgan fingerprint density at radius 3 is 2.89 bits per heavy atom. The first-order valence-corrected chi connectivity index (χ1v) is 6.21. The quantitative estimate of drug-likeness (QED) is 0.867. The van der Waals surface area contributed by atoms with E-state index in [9.17, 15) is 4.79 Å². The van der Waals surface area contributed by atoms with Crippen LogP contribution in [0.4, 0.5) is 5.69 Å². The molecule has 0 saturated carbocycles. The molecular weight excluding hydrogens is 230 g/mol. The van der Waals surface area contributed by atoms with Crippen molar-refractivity contribution in [2.24, 2.45) is 0 Å². The molecule has 1 aromatic carbocycles. The molecule has 0 bridgehead atoms. The van der Waals surface area contributed by atoms with Gasteiger partial charge in [-0.2, -0.15) is 0 Å². The van der Waals surface area contributed by atoms with Crippen molar-refractivity contribution in [2.75, 3.05) is 18.5 Å². The highest BCUT2D eigenvalue weighted by molar-refractivity contribution is 6.02. The lowest BCUT2D eigenvalue weighted by molar-refractivity contribution is -0.117. The monoisotopic (exact) mass is 245 g/mol. The second kappa shape index (κ2) is 4.72. The third-order valence-electron chi connectivity index (χ3n) is 3.23. The zero-order valence-electron chi connectivity index (χ0n) is 10.1. The Hall–Kier alpha value is -1.97. The zero-order chi connectivity index (χ0) is 12.4. The van der Waals surface area contributed by atoms with E-state index >= 15 is 0 Å². The van der Waals surface area contributed by atoms with Crippen molar-refractivity contribution in [3.05, 3.63) is 41.3 Å². The number of carbonyl (C=O) groups is 1. The van der Waals surface area contributed by atoms with E-state index < -0.39 is 0 Å². The highest BCUT2D eigenvalue weighted by Gasteiger charge is 2.16. The second-order valence-corrected chi connectivity index (χ2v) is 4.49. The Labute approximate surface area is 106 Å². The van der Waals surface area contributed by atoms with Crippen LogP contribution >= 0.6 is 0 Å². The average molecular weight is 245 g/mol. The fourth-order valence-electron chi connectivity index (χ4n) is 2.33. The topological polar surface area (TPSA) is 47.6 Å². The summed E-state index contributed by atoms with van der Waals surface area (Å²) in [5.41, 5.74) is 3.54. The summed E-state index contributed by atoms with van der Waals surface area (Å²) < 4.78 is 10.3. The minimum absolute atomic E-state index is 0.238. The van der Waals surface area contributed by atoms with Gasteiger partial charge >= 0.3 is 0 Å². The lowest BCUT2D eigenvalue weighted by atomic mass is 10.1. The van der Waals surface area contributed by atoms with Crippen LogP contribution in [0.2, 0.25) is 0 Å². The van der Waals surface area contributed by atoms with Gasteiger partial charge in [0.05, 0.1) is 0 Å². The second-order valence-electron chi connectivity index (χ2n) is 4.49. The molecule has 0 fully saturated rings. The number of anilines is 1. The van der Waals surface area contributed by atoms with Gasteiger partial charge in [-0.25, -0.2) is 0 Å². The molecule has 4 heteroatoms. The fraction of sp³-hybridized carbons (Fsp3) is 0.357. The normalized spacial score (nSPS) is 17.2. The molecular formula is C14H15NO3. The first-order chi connectivity index (χ1) is 8.83. The molecule has 4 nitrogen and oxygen atoms in total. The number of benzene rings is 1. The van der Waals surface area contributed by atoms with Gasteiger partial charge in [-0.3, -0.25) is 4.79 Å². The molecule has 3 rings (SSSR count). The molecule has 1 aliphatic carbocycles. The number of ether oxygens (including phenoxy) is 2. The van der Waals surface area contributed by atoms with Crippen LogP contribution in [0, 0.1) is 0 Å². The van der Waals surface area contributed by atoms with Crippen LogP contribution in [0.3, 0.4) is 0 Å². The Morgan fingerprint density at radius 1 is 1.17 bits per heavy atom. The summed E-state index contributed by atoms with van der Waals surface area (Å²) in [7, 11) is 0. The standard InChI is InChI=1S/C14H15NO3/c16-14(13-9-17-6-7-18-13)15-12-5-4-10-2-1-3-11(10)8-12/h4-5,8-9H,1-3,6-7H2,(H,15,16). The third kappa shape index (κ3) is 2.18. The summed E-state index contributed by atoms with van der Waals surface area (Å²) in [4.78, 5) is 11.9. The third-order valence-corrected chi connectivity index (χ3v) is 3.23. The van der Waals surface area contributed by atoms with Crippen LogP contribution in [0.25, 0.3) is 0 Å². The van der Waals surface area contributed by atoms with Gasteiger partial charge in [0, 0.05) is 5.69 Å². The summed E-state index contributed by atoms with van der Waals surface area (Å²) in [5, 5.41) is 2.83. The zero-order valence-corrected chi connectivity index (χ0v) is 10.1. The van der Waals surface area contributed by atoms with Crippen molar-refractivity contribution in [1.82, 2.24) is 0 Å². The van der Waals surface area contributed by atoms with E-state index in [1.807, 2.05) is 12.1 Å². The van der Waals surface area contributed by atoms with Crippen LogP contribution < -0.4 is 5.32 Å². The number of rotatable bonds is 2. The SMILES string of the molecule is O=C(Nc1ccc2c(c1)CCC2)C1=COCCO1. The molecule has 2 aliphatic rings. The van der Waals surface area contributed by atoms with Gasteiger partial charge in [0.25, 0.3) is 5.91 Å². The van der Waals surface area contributed by atoms with Crippen molar-refractivity contribution in [3.63, 3.8) is 0 Å². The molecule has 1 N–H and O–H groups in total. The highest BCUT2D eigenvalue weighted by Crippen LogP contribution is 2.25. The lowest BCUT2D eigenvalue weighted by Gasteiger charge is -2.15. The maximum Gasteiger partial charge on any atom is 0.294 e. The van der Waals surface area contributed by atoms with Gasteiger partial charge in [0.1, 0.15) is 19.5 Å². The Balaban J connectivity index is 1.72. The van der Waals surface area contributed by atoms with E-state index in [1.165, 1.54) is 23.8 Å². The minimum Gasteiger partial charge on any atom is -0.494 e. The van der Waals surface area contributed by atoms with Gasteiger partial charge in [0.15, 0.2) is 0 Å². The smallest absolute Gasteiger partial charge is 0.294 e. The minimum atomic E-state index is -0.257. The predicted octanol–water partition coefficient (Wildman–Crippen LogP) is 2.00. The van der Waals surface area contributed by atoms with Crippen LogP contribution in [-0.2, 0) is 27.1 Å². The number of hydrogen-bond acceptors (Lipinski definition) is 3. The molecule has 94 valence electrons. The van der Waals surface area contributed by atoms with E-state index in [0.717, 1.165) is 18.5 Å². The van der Waals surface area contributed by atoms with E-state index in [-0.39, 0.29) is 11.7 Å². The van der Waals surface area contributed by atoms with Crippen LogP contribution in [0.15, 0.2) is 30.2 Å². The number of hydrogen-bond donors (Lipinski definition) is 1. The Bertz CT molecular complexity index is 508. The van der Waals surface area contributed by atoms with E-state index in [0.29, 0.717) is 13.2 Å². The summed E-state index contributed by atoms with van der Waals surface area (Å²) >= 11 is 0. The molecule has 0 unspecified atom stereocenters. The molecule has 0 aromatic heterocycles. The number of nitrogens with one attached hydrogen (secondary N) is 1. The van der Waals surface area contributed by atoms with E-state index in [4.69, 9.17) is 9.47 Å². The van der Waals surface area contributed by atoms with Crippen molar-refractivity contribution in [3.8, 4) is 0 Å². The first-order valence-electron chi connectivity index (χ1n) is 6.21. The molecule has 0 radical (unpaired) electrons. The fourth-order valence-corrected chi connectivity index (χ4v) is 2.33. The van der Waals surface area contributed by atoms with Crippen molar-refractivity contribution < 1.29 is 14.3 Å². The first kappa shape index (κ1) is 11.1. The van der Waals surface area contributed by atoms with Crippen LogP contribution in [0.5, 0.6) is 0 Å². The Morgan fingerprint density at radius 2 is 2.06 bits per heavy atom. The van der Waals surface area contributed by atoms with E-state index in [1.54, 1.807) is 0 Å². The summed E-state index contributed by atoms with van der Waals surface area (Å²) in [6.07, 6.45) is 4.81. The van der Waals surface area contributed by atoms with Crippen LogP contribution in [0.1, 0.15) is 17.5 Å². The molecule has 1 amide bonds. The number of amides is 1. The van der Waals surface area contributed by atoms with Crippen molar-refractivity contribution in [1.29, 1.82) is 0 Å². The van der Waals surface area contributed by atoms with Gasteiger partial charge in [-0.05, 0) is 42.5 Å². The number of aryl methyl sites for hydroxylation is 2. The average Bonchev–Trinajstić information content (AvgIpc) is 2.87. The highest BCUT2D eigenvalue weighted by atomic mass is 16.6. The number of carbonyl (C=O) groups excluding carboxylic acids is 1. The molecule has 0 spiro atoms. The van der Waals surface area contributed by atoms with E-state index in [2.05, 4.69) is 11.4 Å². The molecule has 0 atom stereocenters. The molecule has 1 heterocycles. The van der Waals surface area contributed by atoms with Gasteiger partial charge < -0.3 is 14.8 Å². The van der Waals surface area contributed by atoms with Crippen molar-refractivity contribution >= 4 is 11.6 Å². The summed E-state index contributed by atoms with van der Waals surface area (Å²) in [6.45, 7) is 0.916. The lowest BCUT2D eigenvalue weighted by Crippen LogP contribution is -2.21. The Kier molecular flexibility index (Phi) is 2.92. The molecule has 1 aliphatic heterocycles. The predicted molar refractivity (Wildman–Crippen MR) is 67.1 cm³/mol. The van der Waals surface area contributed by atoms with Crippen molar-refractivity contribution in [2.45, 2.75) is 19.3 Å². The summed E-state index contributed by atoms with van der Waals surface area (Å²) in [5.74, 6) is -0.0191. The summed E-state index contributed by atoms with van der Waals surface area (Å²) in [6, 6.07) is 6.07.